The molecular weight excluding hydrogens is 430 g/mol. The van der Waals surface area contributed by atoms with E-state index in [9.17, 15) is 24.3 Å². The largest absolute Gasteiger partial charge is 0.480 e. The molecule has 4 unspecified atom stereocenters. The van der Waals surface area contributed by atoms with Crippen molar-refractivity contribution in [2.24, 2.45) is 22.2 Å². The SMILES string of the molecule is CSCCC(NC(=O)C(N)CCCN=C(N)N)C(=O)NC(CO)C(=O)NC(C)C(=O)O. The second-order valence-electron chi connectivity index (χ2n) is 6.71. The van der Waals surface area contributed by atoms with E-state index in [2.05, 4.69) is 20.9 Å². The summed E-state index contributed by atoms with van der Waals surface area (Å²) in [5, 5.41) is 25.3. The Bertz CT molecular complexity index is 644. The minimum atomic E-state index is -1.38. The first kappa shape index (κ1) is 28.4. The van der Waals surface area contributed by atoms with Gasteiger partial charge in [-0.2, -0.15) is 11.8 Å². The van der Waals surface area contributed by atoms with E-state index in [0.29, 0.717) is 18.7 Å². The second kappa shape index (κ2) is 15.3. The fraction of sp³-hybridized carbons (Fsp3) is 0.706. The first-order chi connectivity index (χ1) is 14.5. The lowest BCUT2D eigenvalue weighted by Gasteiger charge is -2.23. The van der Waals surface area contributed by atoms with E-state index in [-0.39, 0.29) is 18.8 Å². The molecule has 31 heavy (non-hydrogen) atoms. The molecule has 13 nitrogen and oxygen atoms in total. The number of guanidine groups is 1. The summed E-state index contributed by atoms with van der Waals surface area (Å²) in [5.74, 6) is -2.92. The Balaban J connectivity index is 4.96. The summed E-state index contributed by atoms with van der Waals surface area (Å²) in [4.78, 5) is 51.7. The van der Waals surface area contributed by atoms with Gasteiger partial charge in [0.25, 0.3) is 0 Å². The lowest BCUT2D eigenvalue weighted by molar-refractivity contribution is -0.142. The van der Waals surface area contributed by atoms with Crippen molar-refractivity contribution in [2.75, 3.05) is 25.2 Å². The van der Waals surface area contributed by atoms with Gasteiger partial charge in [0.1, 0.15) is 18.1 Å². The van der Waals surface area contributed by atoms with Gasteiger partial charge in [0.15, 0.2) is 5.96 Å². The molecule has 0 aromatic carbocycles. The molecule has 0 fully saturated rings. The van der Waals surface area contributed by atoms with E-state index in [1.165, 1.54) is 18.7 Å². The molecular formula is C17H33N7O6S. The zero-order valence-corrected chi connectivity index (χ0v) is 18.5. The number of hydrogen-bond donors (Lipinski definition) is 8. The van der Waals surface area contributed by atoms with Crippen molar-refractivity contribution in [3.63, 3.8) is 0 Å². The fourth-order valence-electron chi connectivity index (χ4n) is 2.28. The Hall–Kier alpha value is -2.58. The summed E-state index contributed by atoms with van der Waals surface area (Å²) < 4.78 is 0. The van der Waals surface area contributed by atoms with Crippen LogP contribution in [0.15, 0.2) is 4.99 Å². The van der Waals surface area contributed by atoms with Crippen molar-refractivity contribution in [3.8, 4) is 0 Å². The van der Waals surface area contributed by atoms with Gasteiger partial charge in [-0.25, -0.2) is 0 Å². The molecule has 3 amide bonds. The molecule has 178 valence electrons. The van der Waals surface area contributed by atoms with Crippen molar-refractivity contribution in [2.45, 2.75) is 50.4 Å². The Morgan fingerprint density at radius 2 is 1.58 bits per heavy atom. The number of carbonyl (C=O) groups excluding carboxylic acids is 3. The molecule has 0 spiro atoms. The Labute approximate surface area is 185 Å². The van der Waals surface area contributed by atoms with E-state index in [4.69, 9.17) is 22.3 Å². The zero-order chi connectivity index (χ0) is 24.0. The molecule has 0 saturated carbocycles. The molecule has 0 saturated heterocycles. The van der Waals surface area contributed by atoms with Gasteiger partial charge in [-0.05, 0) is 38.2 Å². The molecule has 11 N–H and O–H groups in total. The van der Waals surface area contributed by atoms with Crippen LogP contribution in [0.1, 0.15) is 26.2 Å². The number of carbonyl (C=O) groups is 4. The predicted molar refractivity (Wildman–Crippen MR) is 117 cm³/mol. The third-order valence-corrected chi connectivity index (χ3v) is 4.74. The topological polar surface area (TPSA) is 235 Å². The van der Waals surface area contributed by atoms with Gasteiger partial charge in [0, 0.05) is 6.54 Å². The number of amides is 3. The van der Waals surface area contributed by atoms with Crippen LogP contribution < -0.4 is 33.2 Å². The monoisotopic (exact) mass is 463 g/mol. The van der Waals surface area contributed by atoms with Gasteiger partial charge in [-0.3, -0.25) is 24.2 Å². The quantitative estimate of drug-likeness (QED) is 0.0683. The van der Waals surface area contributed by atoms with Crippen molar-refractivity contribution in [3.05, 3.63) is 0 Å². The van der Waals surface area contributed by atoms with Crippen LogP contribution in [-0.2, 0) is 19.2 Å². The van der Waals surface area contributed by atoms with Crippen molar-refractivity contribution in [1.82, 2.24) is 16.0 Å². The Morgan fingerprint density at radius 3 is 2.10 bits per heavy atom. The average molecular weight is 464 g/mol. The summed E-state index contributed by atoms with van der Waals surface area (Å²) in [7, 11) is 0. The van der Waals surface area contributed by atoms with Gasteiger partial charge in [-0.15, -0.1) is 0 Å². The number of carboxylic acids is 1. The van der Waals surface area contributed by atoms with Crippen molar-refractivity contribution >= 4 is 41.4 Å². The van der Waals surface area contributed by atoms with Crippen LogP contribution in [0.25, 0.3) is 0 Å². The van der Waals surface area contributed by atoms with Crippen LogP contribution in [0.3, 0.4) is 0 Å². The number of aliphatic carboxylic acids is 1. The Morgan fingerprint density at radius 1 is 1.00 bits per heavy atom. The molecule has 0 bridgehead atoms. The third-order valence-electron chi connectivity index (χ3n) is 4.09. The zero-order valence-electron chi connectivity index (χ0n) is 17.7. The minimum absolute atomic E-state index is 0.0629. The highest BCUT2D eigenvalue weighted by Crippen LogP contribution is 2.04. The van der Waals surface area contributed by atoms with E-state index in [1.54, 1.807) is 0 Å². The molecule has 0 aliphatic carbocycles. The highest BCUT2D eigenvalue weighted by Gasteiger charge is 2.28. The normalized spacial score (nSPS) is 14.5. The lowest BCUT2D eigenvalue weighted by atomic mass is 10.1. The fourth-order valence-corrected chi connectivity index (χ4v) is 2.75. The van der Waals surface area contributed by atoms with Crippen LogP contribution >= 0.6 is 11.8 Å². The van der Waals surface area contributed by atoms with Crippen molar-refractivity contribution < 1.29 is 29.4 Å². The maximum absolute atomic E-state index is 12.6. The van der Waals surface area contributed by atoms with Gasteiger partial charge < -0.3 is 43.4 Å². The van der Waals surface area contributed by atoms with E-state index >= 15 is 0 Å². The number of nitrogens with one attached hydrogen (secondary N) is 3. The van der Waals surface area contributed by atoms with Gasteiger partial charge in [-0.1, -0.05) is 0 Å². The molecule has 4 atom stereocenters. The molecule has 14 heteroatoms. The lowest BCUT2D eigenvalue weighted by Crippen LogP contribution is -2.57. The van der Waals surface area contributed by atoms with Gasteiger partial charge >= 0.3 is 5.97 Å². The van der Waals surface area contributed by atoms with E-state index < -0.39 is 54.5 Å². The minimum Gasteiger partial charge on any atom is -0.480 e. The maximum atomic E-state index is 12.6. The number of rotatable bonds is 15. The number of aliphatic hydroxyl groups excluding tert-OH is 1. The van der Waals surface area contributed by atoms with Crippen LogP contribution in [-0.4, -0.2) is 89.2 Å². The molecule has 0 rings (SSSR count). The number of thioether (sulfide) groups is 1. The predicted octanol–water partition coefficient (Wildman–Crippen LogP) is -3.33. The summed E-state index contributed by atoms with van der Waals surface area (Å²) in [6, 6.07) is -4.48. The highest BCUT2D eigenvalue weighted by molar-refractivity contribution is 7.98. The number of aliphatic hydroxyl groups is 1. The number of hydrogen-bond acceptors (Lipinski definition) is 8. The molecule has 0 radical (unpaired) electrons. The Kier molecular flexibility index (Phi) is 14.0. The molecule has 0 aromatic rings. The summed E-state index contributed by atoms with van der Waals surface area (Å²) in [6.45, 7) is 0.797. The number of nitrogens with two attached hydrogens (primary N) is 3. The molecule has 0 aliphatic heterocycles. The molecule has 0 aliphatic rings. The first-order valence-electron chi connectivity index (χ1n) is 9.58. The van der Waals surface area contributed by atoms with Crippen LogP contribution in [0.2, 0.25) is 0 Å². The summed E-state index contributed by atoms with van der Waals surface area (Å²) in [6.07, 6.45) is 2.82. The third kappa shape index (κ3) is 12.0. The summed E-state index contributed by atoms with van der Waals surface area (Å²) in [5.41, 5.74) is 16.3. The maximum Gasteiger partial charge on any atom is 0.325 e. The van der Waals surface area contributed by atoms with Crippen LogP contribution in [0.4, 0.5) is 0 Å². The number of nitrogens with zero attached hydrogens (tertiary/aromatic N) is 1. The highest BCUT2D eigenvalue weighted by atomic mass is 32.2. The smallest absolute Gasteiger partial charge is 0.325 e. The molecule has 0 aromatic heterocycles. The van der Waals surface area contributed by atoms with Gasteiger partial charge in [0.05, 0.1) is 12.6 Å². The first-order valence-corrected chi connectivity index (χ1v) is 11.0. The average Bonchev–Trinajstić information content (AvgIpc) is 2.71. The molecule has 0 heterocycles. The van der Waals surface area contributed by atoms with E-state index in [1.807, 2.05) is 6.26 Å². The van der Waals surface area contributed by atoms with Gasteiger partial charge in [0.2, 0.25) is 17.7 Å². The van der Waals surface area contributed by atoms with Crippen LogP contribution in [0, 0.1) is 0 Å². The van der Waals surface area contributed by atoms with E-state index in [0.717, 1.165) is 0 Å². The number of aliphatic imine (C=N–C) groups is 1. The second-order valence-corrected chi connectivity index (χ2v) is 7.70. The summed E-state index contributed by atoms with van der Waals surface area (Å²) >= 11 is 1.45. The van der Waals surface area contributed by atoms with Crippen molar-refractivity contribution in [1.29, 1.82) is 0 Å². The standard InChI is InChI=1S/C17H33N7O6S/c1-9(16(29)30)22-15(28)12(8-25)24-14(27)11(5-7-31-2)23-13(26)10(18)4-3-6-21-17(19)20/h9-12,25H,3-8,18H2,1-2H3,(H,22,28)(H,23,26)(H,24,27)(H,29,30)(H4,19,20,21). The number of carboxylic acid groups (broad SMARTS) is 1. The van der Waals surface area contributed by atoms with Crippen LogP contribution in [0.5, 0.6) is 0 Å².